The molecule has 2 heterocycles. The molecule has 1 N–H and O–H groups in total. The Morgan fingerprint density at radius 2 is 2.00 bits per heavy atom. The molecule has 0 aliphatic heterocycles. The summed E-state index contributed by atoms with van der Waals surface area (Å²) < 4.78 is 37.7. The molecule has 0 bridgehead atoms. The summed E-state index contributed by atoms with van der Waals surface area (Å²) in [5.41, 5.74) is -2.57. The van der Waals surface area contributed by atoms with Gasteiger partial charge in [0.15, 0.2) is 0 Å². The Morgan fingerprint density at radius 1 is 1.29 bits per heavy atom. The van der Waals surface area contributed by atoms with Crippen LogP contribution in [0.15, 0.2) is 17.0 Å². The number of aliphatic hydroxyl groups is 1. The lowest BCUT2D eigenvalue weighted by Crippen LogP contribution is -2.39. The van der Waals surface area contributed by atoms with E-state index in [-0.39, 0.29) is 5.01 Å². The number of alkyl halides is 3. The Kier molecular flexibility index (Phi) is 2.96. The molecule has 92 valence electrons. The van der Waals surface area contributed by atoms with Crippen molar-refractivity contribution in [1.29, 1.82) is 0 Å². The summed E-state index contributed by atoms with van der Waals surface area (Å²) in [5, 5.41) is 12.7. The van der Waals surface area contributed by atoms with Crippen LogP contribution in [-0.4, -0.2) is 21.3 Å². The van der Waals surface area contributed by atoms with Crippen LogP contribution < -0.4 is 0 Å². The second kappa shape index (κ2) is 4.04. The Balaban J connectivity index is 2.37. The van der Waals surface area contributed by atoms with Crippen molar-refractivity contribution in [3.8, 4) is 10.7 Å². The van der Waals surface area contributed by atoms with Gasteiger partial charge in [0.05, 0.1) is 0 Å². The molecule has 0 aliphatic rings. The zero-order valence-corrected chi connectivity index (χ0v) is 10.2. The zero-order chi connectivity index (χ0) is 12.7. The molecule has 17 heavy (non-hydrogen) atoms. The number of thiazole rings is 2. The Morgan fingerprint density at radius 3 is 2.53 bits per heavy atom. The van der Waals surface area contributed by atoms with Crippen LogP contribution in [0.5, 0.6) is 0 Å². The summed E-state index contributed by atoms with van der Waals surface area (Å²) in [6.45, 7) is 0.692. The van der Waals surface area contributed by atoms with E-state index in [1.807, 2.05) is 0 Å². The number of hydrogen-bond donors (Lipinski definition) is 1. The molecule has 0 saturated carbocycles. The van der Waals surface area contributed by atoms with Crippen LogP contribution in [0.3, 0.4) is 0 Å². The highest BCUT2D eigenvalue weighted by atomic mass is 32.1. The molecule has 0 spiro atoms. The second-order valence-corrected chi connectivity index (χ2v) is 5.20. The maximum atomic E-state index is 12.6. The van der Waals surface area contributed by atoms with Crippen LogP contribution in [0.1, 0.15) is 11.9 Å². The summed E-state index contributed by atoms with van der Waals surface area (Å²) in [6, 6.07) is 0. The third kappa shape index (κ3) is 2.20. The quantitative estimate of drug-likeness (QED) is 0.919. The van der Waals surface area contributed by atoms with E-state index in [9.17, 15) is 18.3 Å². The van der Waals surface area contributed by atoms with Crippen molar-refractivity contribution in [3.63, 3.8) is 0 Å². The molecule has 1 atom stereocenters. The second-order valence-electron chi connectivity index (χ2n) is 3.45. The molecule has 3 nitrogen and oxygen atoms in total. The smallest absolute Gasteiger partial charge is 0.375 e. The first-order valence-electron chi connectivity index (χ1n) is 4.47. The first-order chi connectivity index (χ1) is 7.82. The molecule has 0 aliphatic carbocycles. The topological polar surface area (TPSA) is 46.0 Å². The van der Waals surface area contributed by atoms with Gasteiger partial charge in [-0.05, 0) is 6.92 Å². The number of rotatable bonds is 2. The minimum atomic E-state index is -4.75. The van der Waals surface area contributed by atoms with Gasteiger partial charge < -0.3 is 5.11 Å². The third-order valence-corrected chi connectivity index (χ3v) is 3.97. The van der Waals surface area contributed by atoms with Gasteiger partial charge in [-0.25, -0.2) is 9.97 Å². The Bertz CT molecular complexity index is 505. The van der Waals surface area contributed by atoms with Gasteiger partial charge in [0.25, 0.3) is 0 Å². The van der Waals surface area contributed by atoms with E-state index in [1.165, 1.54) is 16.7 Å². The fraction of sp³-hybridized carbons (Fsp3) is 0.333. The lowest BCUT2D eigenvalue weighted by Gasteiger charge is -2.23. The molecular weight excluding hydrogens is 273 g/mol. The zero-order valence-electron chi connectivity index (χ0n) is 8.52. The summed E-state index contributed by atoms with van der Waals surface area (Å²) in [7, 11) is 0. The standard InChI is InChI=1S/C9H7F3N2OS2/c1-8(15,9(10,11)12)7-14-5(4-17-7)6-13-2-3-16-6/h2-4,15H,1H3. The summed E-state index contributed by atoms with van der Waals surface area (Å²) in [5.74, 6) is 0. The van der Waals surface area contributed by atoms with E-state index in [4.69, 9.17) is 0 Å². The summed E-state index contributed by atoms with van der Waals surface area (Å²) in [4.78, 5) is 7.73. The molecule has 0 amide bonds. The van der Waals surface area contributed by atoms with Crippen LogP contribution >= 0.6 is 22.7 Å². The van der Waals surface area contributed by atoms with Crippen molar-refractivity contribution < 1.29 is 18.3 Å². The molecule has 8 heteroatoms. The highest BCUT2D eigenvalue weighted by Crippen LogP contribution is 2.40. The molecule has 2 rings (SSSR count). The number of hydrogen-bond acceptors (Lipinski definition) is 5. The van der Waals surface area contributed by atoms with Crippen LogP contribution in [0.25, 0.3) is 10.7 Å². The van der Waals surface area contributed by atoms with Gasteiger partial charge in [-0.15, -0.1) is 22.7 Å². The highest BCUT2D eigenvalue weighted by Gasteiger charge is 2.53. The maximum Gasteiger partial charge on any atom is 0.423 e. The van der Waals surface area contributed by atoms with E-state index in [1.54, 1.807) is 11.6 Å². The minimum Gasteiger partial charge on any atom is -0.375 e. The normalized spacial score (nSPS) is 15.8. The molecule has 1 unspecified atom stereocenters. The van der Waals surface area contributed by atoms with Gasteiger partial charge in [-0.2, -0.15) is 13.2 Å². The average molecular weight is 280 g/mol. The molecule has 0 aromatic carbocycles. The van der Waals surface area contributed by atoms with Crippen molar-refractivity contribution in [2.45, 2.75) is 18.7 Å². The third-order valence-electron chi connectivity index (χ3n) is 2.12. The van der Waals surface area contributed by atoms with E-state index < -0.39 is 11.8 Å². The molecular formula is C9H7F3N2OS2. The maximum absolute atomic E-state index is 12.6. The van der Waals surface area contributed by atoms with Gasteiger partial charge in [0.2, 0.25) is 5.60 Å². The van der Waals surface area contributed by atoms with Gasteiger partial charge in [-0.1, -0.05) is 0 Å². The van der Waals surface area contributed by atoms with Crippen molar-refractivity contribution in [1.82, 2.24) is 9.97 Å². The van der Waals surface area contributed by atoms with Crippen molar-refractivity contribution in [2.24, 2.45) is 0 Å². The van der Waals surface area contributed by atoms with Crippen molar-refractivity contribution >= 4 is 22.7 Å². The van der Waals surface area contributed by atoms with Crippen LogP contribution in [0, 0.1) is 0 Å². The van der Waals surface area contributed by atoms with E-state index >= 15 is 0 Å². The predicted octanol–water partition coefficient (Wildman–Crippen LogP) is 3.04. The Hall–Kier alpha value is -0.990. The van der Waals surface area contributed by atoms with Crippen LogP contribution in [0.4, 0.5) is 13.2 Å². The van der Waals surface area contributed by atoms with E-state index in [0.29, 0.717) is 17.6 Å². The summed E-state index contributed by atoms with van der Waals surface area (Å²) in [6.07, 6.45) is -3.20. The minimum absolute atomic E-state index is 0.351. The molecule has 0 radical (unpaired) electrons. The molecule has 0 saturated heterocycles. The Labute approximate surface area is 103 Å². The number of aromatic nitrogens is 2. The SMILES string of the molecule is CC(O)(c1nc(-c2nccs2)cs1)C(F)(F)F. The van der Waals surface area contributed by atoms with E-state index in [0.717, 1.165) is 11.3 Å². The first-order valence-corrected chi connectivity index (χ1v) is 6.23. The van der Waals surface area contributed by atoms with E-state index in [2.05, 4.69) is 9.97 Å². The summed E-state index contributed by atoms with van der Waals surface area (Å²) >= 11 is 2.04. The van der Waals surface area contributed by atoms with Gasteiger partial charge >= 0.3 is 6.18 Å². The lowest BCUT2D eigenvalue weighted by molar-refractivity contribution is -0.258. The largest absolute Gasteiger partial charge is 0.423 e. The number of nitrogens with zero attached hydrogens (tertiary/aromatic N) is 2. The highest BCUT2D eigenvalue weighted by molar-refractivity contribution is 7.14. The first kappa shape index (κ1) is 12.5. The van der Waals surface area contributed by atoms with Gasteiger partial charge in [-0.3, -0.25) is 0 Å². The van der Waals surface area contributed by atoms with Crippen LogP contribution in [-0.2, 0) is 5.60 Å². The molecule has 2 aromatic heterocycles. The van der Waals surface area contributed by atoms with Gasteiger partial charge in [0, 0.05) is 17.0 Å². The fourth-order valence-electron chi connectivity index (χ4n) is 1.07. The van der Waals surface area contributed by atoms with Crippen molar-refractivity contribution in [2.75, 3.05) is 0 Å². The monoisotopic (exact) mass is 280 g/mol. The fourth-order valence-corrected chi connectivity index (χ4v) is 2.62. The predicted molar refractivity (Wildman–Crippen MR) is 58.8 cm³/mol. The van der Waals surface area contributed by atoms with Crippen LogP contribution in [0.2, 0.25) is 0 Å². The average Bonchev–Trinajstić information content (AvgIpc) is 2.87. The van der Waals surface area contributed by atoms with Crippen molar-refractivity contribution in [3.05, 3.63) is 22.0 Å². The van der Waals surface area contributed by atoms with Gasteiger partial charge in [0.1, 0.15) is 15.7 Å². The molecule has 2 aromatic rings. The lowest BCUT2D eigenvalue weighted by atomic mass is 10.1. The number of halogens is 3. The molecule has 0 fully saturated rings.